The fourth-order valence-corrected chi connectivity index (χ4v) is 3.35. The summed E-state index contributed by atoms with van der Waals surface area (Å²) in [5, 5.41) is 4.59. The Kier molecular flexibility index (Phi) is 4.60. The Morgan fingerprint density at radius 2 is 1.93 bits per heavy atom. The number of fused-ring (bicyclic) bond motifs is 1. The number of nitrogens with one attached hydrogen (secondary N) is 1. The molecule has 0 spiro atoms. The van der Waals surface area contributed by atoms with Crippen molar-refractivity contribution in [3.8, 4) is 11.1 Å². The Bertz CT molecular complexity index is 1120. The van der Waals surface area contributed by atoms with Crippen molar-refractivity contribution in [1.29, 1.82) is 0 Å². The number of carbonyl (C=O) groups excluding carboxylic acids is 1. The second-order valence-electron chi connectivity index (χ2n) is 6.26. The molecule has 134 valence electrons. The molecule has 3 heterocycles. The van der Waals surface area contributed by atoms with Gasteiger partial charge in [0.1, 0.15) is 5.69 Å². The summed E-state index contributed by atoms with van der Waals surface area (Å²) in [6.45, 7) is 0.413. The van der Waals surface area contributed by atoms with Crippen LogP contribution in [0.25, 0.3) is 22.0 Å². The second kappa shape index (κ2) is 7.21. The summed E-state index contributed by atoms with van der Waals surface area (Å²) in [4.78, 5) is 21.1. The molecular weight excluding hydrogens is 360 g/mol. The Morgan fingerprint density at radius 3 is 2.70 bits per heavy atom. The number of benzene rings is 1. The predicted molar refractivity (Wildman–Crippen MR) is 107 cm³/mol. The van der Waals surface area contributed by atoms with E-state index in [0.29, 0.717) is 17.3 Å². The largest absolute Gasteiger partial charge is 0.347 e. The fourth-order valence-electron chi connectivity index (χ4n) is 3.14. The van der Waals surface area contributed by atoms with Crippen LogP contribution in [0.15, 0.2) is 67.3 Å². The van der Waals surface area contributed by atoms with Crippen LogP contribution in [0.2, 0.25) is 5.02 Å². The third kappa shape index (κ3) is 3.41. The summed E-state index contributed by atoms with van der Waals surface area (Å²) in [6.07, 6.45) is 7.07. The van der Waals surface area contributed by atoms with Crippen molar-refractivity contribution in [2.24, 2.45) is 7.05 Å². The molecular formula is C21H17ClN4O. The van der Waals surface area contributed by atoms with E-state index in [0.717, 1.165) is 27.6 Å². The summed E-state index contributed by atoms with van der Waals surface area (Å²) in [6, 6.07) is 13.2. The standard InChI is InChI=1S/C21H17ClN4O/c1-26-19(21(27)25-11-14-3-2-4-16(22)9-14)10-17-18(12-24-13-20(17)26)15-5-7-23-8-6-15/h2-10,12-13H,11H2,1H3,(H,25,27). The number of amides is 1. The van der Waals surface area contributed by atoms with Crippen LogP contribution < -0.4 is 5.32 Å². The number of halogens is 1. The second-order valence-corrected chi connectivity index (χ2v) is 6.69. The van der Waals surface area contributed by atoms with Gasteiger partial charge in [0.05, 0.1) is 11.7 Å². The van der Waals surface area contributed by atoms with Gasteiger partial charge in [0.25, 0.3) is 5.91 Å². The number of hydrogen-bond donors (Lipinski definition) is 1. The minimum absolute atomic E-state index is 0.144. The maximum Gasteiger partial charge on any atom is 0.268 e. The monoisotopic (exact) mass is 376 g/mol. The molecule has 0 unspecified atom stereocenters. The van der Waals surface area contributed by atoms with Crippen LogP contribution in [0.5, 0.6) is 0 Å². The van der Waals surface area contributed by atoms with Gasteiger partial charge < -0.3 is 9.88 Å². The van der Waals surface area contributed by atoms with E-state index in [1.54, 1.807) is 18.6 Å². The van der Waals surface area contributed by atoms with Gasteiger partial charge in [-0.1, -0.05) is 23.7 Å². The van der Waals surface area contributed by atoms with Gasteiger partial charge in [-0.25, -0.2) is 0 Å². The average Bonchev–Trinajstić information content (AvgIpc) is 3.04. The van der Waals surface area contributed by atoms with Crippen LogP contribution in [0.1, 0.15) is 16.1 Å². The molecule has 0 aliphatic rings. The van der Waals surface area contributed by atoms with Crippen molar-refractivity contribution >= 4 is 28.4 Å². The molecule has 3 aromatic heterocycles. The number of aryl methyl sites for hydroxylation is 1. The zero-order valence-electron chi connectivity index (χ0n) is 14.7. The van der Waals surface area contributed by atoms with Gasteiger partial charge in [-0.3, -0.25) is 14.8 Å². The third-order valence-electron chi connectivity index (χ3n) is 4.54. The molecule has 0 aliphatic heterocycles. The lowest BCUT2D eigenvalue weighted by molar-refractivity contribution is 0.0943. The third-order valence-corrected chi connectivity index (χ3v) is 4.77. The van der Waals surface area contributed by atoms with Crippen LogP contribution in [0.3, 0.4) is 0 Å². The van der Waals surface area contributed by atoms with Gasteiger partial charge in [0.2, 0.25) is 0 Å². The Labute approximate surface area is 161 Å². The number of carbonyl (C=O) groups is 1. The van der Waals surface area contributed by atoms with E-state index in [2.05, 4.69) is 15.3 Å². The van der Waals surface area contributed by atoms with Crippen LogP contribution in [-0.2, 0) is 13.6 Å². The Morgan fingerprint density at radius 1 is 1.11 bits per heavy atom. The molecule has 27 heavy (non-hydrogen) atoms. The normalized spacial score (nSPS) is 10.9. The number of hydrogen-bond acceptors (Lipinski definition) is 3. The van der Waals surface area contributed by atoms with E-state index in [1.165, 1.54) is 0 Å². The molecule has 1 aromatic carbocycles. The van der Waals surface area contributed by atoms with Crippen molar-refractivity contribution < 1.29 is 4.79 Å². The van der Waals surface area contributed by atoms with E-state index < -0.39 is 0 Å². The topological polar surface area (TPSA) is 59.8 Å². The first-order valence-electron chi connectivity index (χ1n) is 8.50. The summed E-state index contributed by atoms with van der Waals surface area (Å²) in [7, 11) is 1.87. The molecule has 0 bridgehead atoms. The van der Waals surface area contributed by atoms with Gasteiger partial charge in [-0.05, 0) is 41.5 Å². The van der Waals surface area contributed by atoms with Crippen molar-refractivity contribution in [2.75, 3.05) is 0 Å². The molecule has 0 radical (unpaired) electrons. The summed E-state index contributed by atoms with van der Waals surface area (Å²) in [5.41, 5.74) is 4.42. The molecule has 0 aliphatic carbocycles. The van der Waals surface area contributed by atoms with Crippen molar-refractivity contribution in [2.45, 2.75) is 6.54 Å². The van der Waals surface area contributed by atoms with E-state index in [1.807, 2.05) is 60.3 Å². The molecule has 0 saturated carbocycles. The number of aromatic nitrogens is 3. The van der Waals surface area contributed by atoms with Gasteiger partial charge in [-0.15, -0.1) is 0 Å². The fraction of sp³-hybridized carbons (Fsp3) is 0.0952. The SMILES string of the molecule is Cn1c(C(=O)NCc2cccc(Cl)c2)cc2c(-c3ccncc3)cncc21. The summed E-state index contributed by atoms with van der Waals surface area (Å²) < 4.78 is 1.86. The first-order valence-corrected chi connectivity index (χ1v) is 8.88. The lowest BCUT2D eigenvalue weighted by Crippen LogP contribution is -2.24. The van der Waals surface area contributed by atoms with Crippen LogP contribution in [-0.4, -0.2) is 20.4 Å². The van der Waals surface area contributed by atoms with Crippen LogP contribution >= 0.6 is 11.6 Å². The highest BCUT2D eigenvalue weighted by Gasteiger charge is 2.16. The van der Waals surface area contributed by atoms with Crippen molar-refractivity contribution in [3.05, 3.63) is 83.5 Å². The zero-order chi connectivity index (χ0) is 18.8. The van der Waals surface area contributed by atoms with Crippen LogP contribution in [0.4, 0.5) is 0 Å². The Balaban J connectivity index is 1.66. The van der Waals surface area contributed by atoms with E-state index in [-0.39, 0.29) is 5.91 Å². The van der Waals surface area contributed by atoms with E-state index in [9.17, 15) is 4.79 Å². The molecule has 4 rings (SSSR count). The van der Waals surface area contributed by atoms with Gasteiger partial charge in [0, 0.05) is 48.2 Å². The molecule has 0 saturated heterocycles. The highest BCUT2D eigenvalue weighted by molar-refractivity contribution is 6.30. The minimum atomic E-state index is -0.144. The van der Waals surface area contributed by atoms with E-state index >= 15 is 0 Å². The first-order chi connectivity index (χ1) is 13.1. The smallest absolute Gasteiger partial charge is 0.268 e. The maximum atomic E-state index is 12.7. The molecule has 6 heteroatoms. The molecule has 5 nitrogen and oxygen atoms in total. The first kappa shape index (κ1) is 17.2. The quantitative estimate of drug-likeness (QED) is 0.580. The van der Waals surface area contributed by atoms with E-state index in [4.69, 9.17) is 11.6 Å². The minimum Gasteiger partial charge on any atom is -0.347 e. The molecule has 0 atom stereocenters. The zero-order valence-corrected chi connectivity index (χ0v) is 15.4. The predicted octanol–water partition coefficient (Wildman–Crippen LogP) is 4.22. The highest BCUT2D eigenvalue weighted by Crippen LogP contribution is 2.29. The number of nitrogens with zero attached hydrogens (tertiary/aromatic N) is 3. The summed E-state index contributed by atoms with van der Waals surface area (Å²) >= 11 is 6.00. The average molecular weight is 377 g/mol. The van der Waals surface area contributed by atoms with Gasteiger partial charge in [-0.2, -0.15) is 0 Å². The summed E-state index contributed by atoms with van der Waals surface area (Å²) in [5.74, 6) is -0.144. The lowest BCUT2D eigenvalue weighted by atomic mass is 10.1. The Hall–Kier alpha value is -3.18. The molecule has 1 amide bonds. The number of rotatable bonds is 4. The van der Waals surface area contributed by atoms with Crippen molar-refractivity contribution in [3.63, 3.8) is 0 Å². The molecule has 1 N–H and O–H groups in total. The molecule has 0 fully saturated rings. The molecule has 4 aromatic rings. The van der Waals surface area contributed by atoms with Gasteiger partial charge >= 0.3 is 0 Å². The highest BCUT2D eigenvalue weighted by atomic mass is 35.5. The van der Waals surface area contributed by atoms with Crippen molar-refractivity contribution in [1.82, 2.24) is 19.9 Å². The van der Waals surface area contributed by atoms with Gasteiger partial charge in [0.15, 0.2) is 0 Å². The maximum absolute atomic E-state index is 12.7. The van der Waals surface area contributed by atoms with Crippen LogP contribution in [0, 0.1) is 0 Å². The lowest BCUT2D eigenvalue weighted by Gasteiger charge is -2.07. The number of pyridine rings is 2.